The van der Waals surface area contributed by atoms with Crippen LogP contribution in [0.3, 0.4) is 0 Å². The lowest BCUT2D eigenvalue weighted by atomic mass is 9.85. The summed E-state index contributed by atoms with van der Waals surface area (Å²) < 4.78 is 41.5. The average Bonchev–Trinajstić information content (AvgIpc) is 1.82. The number of carbonyl (C=O) groups excluding carboxylic acids is 4. The summed E-state index contributed by atoms with van der Waals surface area (Å²) in [7, 11) is 0. The number of ether oxygens (including phenoxy) is 4. The van der Waals surface area contributed by atoms with E-state index in [4.69, 9.17) is 35.5 Å². The van der Waals surface area contributed by atoms with Crippen LogP contribution in [0.15, 0.2) is 72.2 Å². The van der Waals surface area contributed by atoms with E-state index in [0.717, 1.165) is 21.7 Å². The minimum atomic E-state index is -1.01. The van der Waals surface area contributed by atoms with Crippen molar-refractivity contribution in [3.8, 4) is 39.4 Å². The summed E-state index contributed by atoms with van der Waals surface area (Å²) in [5.41, 5.74) is 3.52. The highest BCUT2D eigenvalue weighted by molar-refractivity contribution is 7.13. The van der Waals surface area contributed by atoms with Gasteiger partial charge in [-0.15, -0.1) is 11.3 Å². The van der Waals surface area contributed by atoms with Crippen molar-refractivity contribution in [2.45, 2.75) is 136 Å². The van der Waals surface area contributed by atoms with E-state index in [9.17, 15) is 34.7 Å². The van der Waals surface area contributed by atoms with E-state index in [-0.39, 0.29) is 98.8 Å². The van der Waals surface area contributed by atoms with Crippen LogP contribution in [-0.2, 0) is 28.6 Å². The summed E-state index contributed by atoms with van der Waals surface area (Å²) in [5, 5.41) is 39.0. The van der Waals surface area contributed by atoms with E-state index in [1.807, 2.05) is 100 Å². The first-order chi connectivity index (χ1) is 41.3. The number of rotatable bonds is 19. The Morgan fingerprint density at radius 1 is 0.920 bits per heavy atom. The van der Waals surface area contributed by atoms with Crippen LogP contribution < -0.4 is 20.3 Å². The molecule has 23 heteroatoms. The van der Waals surface area contributed by atoms with Crippen molar-refractivity contribution in [1.82, 2.24) is 40.3 Å². The van der Waals surface area contributed by atoms with Gasteiger partial charge in [0.1, 0.15) is 47.5 Å². The highest BCUT2D eigenvalue weighted by atomic mass is 35.5. The van der Waals surface area contributed by atoms with Crippen LogP contribution in [0, 0.1) is 29.5 Å². The van der Waals surface area contributed by atoms with Gasteiger partial charge in [0.05, 0.1) is 71.1 Å². The third-order valence-electron chi connectivity index (χ3n) is 15.9. The van der Waals surface area contributed by atoms with Gasteiger partial charge in [-0.3, -0.25) is 19.3 Å². The number of phenolic OH excluding ortho intramolecular Hbond substituents is 1. The van der Waals surface area contributed by atoms with E-state index in [1.165, 1.54) is 11.0 Å². The van der Waals surface area contributed by atoms with Crippen molar-refractivity contribution >= 4 is 74.2 Å². The number of nitrogens with one attached hydrogen (secondary N) is 2. The van der Waals surface area contributed by atoms with Gasteiger partial charge in [0, 0.05) is 63.2 Å². The number of hydrogen-bond donors (Lipinski definition) is 4. The highest BCUT2D eigenvalue weighted by Crippen LogP contribution is 2.43. The van der Waals surface area contributed by atoms with E-state index < -0.39 is 71.0 Å². The molecule has 3 aliphatic heterocycles. The smallest absolute Gasteiger partial charge is 0.410 e. The monoisotopic (exact) mass is 1230 g/mol. The minimum absolute atomic E-state index is 0.00605. The summed E-state index contributed by atoms with van der Waals surface area (Å²) in [5.74, 6) is -1.86. The zero-order valence-electron chi connectivity index (χ0n) is 50.8. The van der Waals surface area contributed by atoms with Gasteiger partial charge in [-0.2, -0.15) is 15.2 Å². The molecular formula is C64H78ClFN10O10S. The Morgan fingerprint density at radius 3 is 2.34 bits per heavy atom. The van der Waals surface area contributed by atoms with E-state index >= 15 is 4.39 Å². The zero-order chi connectivity index (χ0) is 62.5. The van der Waals surface area contributed by atoms with Crippen LogP contribution in [0.25, 0.3) is 43.2 Å². The van der Waals surface area contributed by atoms with Crippen molar-refractivity contribution in [2.24, 2.45) is 5.41 Å². The van der Waals surface area contributed by atoms with Crippen LogP contribution >= 0.6 is 22.9 Å². The quantitative estimate of drug-likeness (QED) is 0.0552. The van der Waals surface area contributed by atoms with Crippen LogP contribution in [0.4, 0.5) is 15.0 Å². The average molecular weight is 1230 g/mol. The third kappa shape index (κ3) is 15.5. The van der Waals surface area contributed by atoms with Gasteiger partial charge < -0.3 is 54.5 Å². The molecule has 2 aromatic heterocycles. The van der Waals surface area contributed by atoms with Gasteiger partial charge in [0.2, 0.25) is 17.7 Å². The van der Waals surface area contributed by atoms with Crippen LogP contribution in [0.2, 0.25) is 5.02 Å². The van der Waals surface area contributed by atoms with Crippen LogP contribution in [0.1, 0.15) is 98.4 Å². The number of phenols is 1. The first kappa shape index (κ1) is 64.2. The van der Waals surface area contributed by atoms with Gasteiger partial charge in [-0.1, -0.05) is 80.9 Å². The maximum Gasteiger partial charge on any atom is 0.410 e. The molecule has 0 radical (unpaired) electrons. The molecule has 0 spiro atoms. The lowest BCUT2D eigenvalue weighted by Crippen LogP contribution is -2.58. The van der Waals surface area contributed by atoms with Crippen LogP contribution in [-0.4, -0.2) is 171 Å². The van der Waals surface area contributed by atoms with Crippen LogP contribution in [0.5, 0.6) is 11.8 Å². The largest absolute Gasteiger partial charge is 0.508 e. The van der Waals surface area contributed by atoms with Gasteiger partial charge in [0.15, 0.2) is 5.82 Å². The number of fused-ring (bicyclic) bond motifs is 2. The fraction of sp³-hybridized carbons (Fsp3) is 0.500. The fourth-order valence-corrected chi connectivity index (χ4v) is 12.7. The first-order valence-electron chi connectivity index (χ1n) is 29.6. The summed E-state index contributed by atoms with van der Waals surface area (Å²) in [6.45, 7) is 19.0. The molecule has 6 aromatic rings. The van der Waals surface area contributed by atoms with Gasteiger partial charge >= 0.3 is 12.1 Å². The number of benzene rings is 4. The van der Waals surface area contributed by atoms with Crippen molar-refractivity contribution in [3.05, 3.63) is 94.3 Å². The normalized spacial score (nSPS) is 19.0. The molecule has 1 unspecified atom stereocenters. The van der Waals surface area contributed by atoms with Crippen molar-refractivity contribution in [1.29, 1.82) is 5.26 Å². The van der Waals surface area contributed by atoms with Crippen molar-refractivity contribution < 1.29 is 52.7 Å². The Hall–Kier alpha value is -7.26. The molecule has 3 saturated heterocycles. The molecule has 0 bridgehead atoms. The van der Waals surface area contributed by atoms with Gasteiger partial charge in [-0.25, -0.2) is 14.2 Å². The molecule has 6 atom stereocenters. The lowest BCUT2D eigenvalue weighted by molar-refractivity contribution is -0.144. The number of piperidine rings is 1. The Morgan fingerprint density at radius 2 is 1.66 bits per heavy atom. The first-order valence-corrected chi connectivity index (χ1v) is 30.8. The predicted molar refractivity (Wildman–Crippen MR) is 331 cm³/mol. The molecule has 4 aromatic carbocycles. The standard InChI is InChI=1S/C64H78ClFN10O10S/c1-37(85-61-71-55-49(31-50(65)53(54(55)66)48-29-44(77)28-42-12-10-11-13-47(42)48)58(72-61)74-24-25-75(43(33-74)18-21-67)62(82)86-64(7,8)9)32-73-22-19-46(20-23-73)84-27-26-83-35-52(79)70-57(63(4,5)6)60(81)76-34-45(78)30-51(76)59(80)69-38(2)40-14-16-41(17-15-40)56-39(3)68-36-87-56/h10-17,28-29,31,36-38,43,45-46,51,57,77-78H,18-20,22-27,30,32-35H2,1-9H3,(H,69,80)(H,70,79)/t37-,38?,43+,45-,51+,57-/m1/s1. The van der Waals surface area contributed by atoms with Gasteiger partial charge in [0.25, 0.3) is 0 Å². The molecule has 87 heavy (non-hydrogen) atoms. The molecule has 20 nitrogen and oxygen atoms in total. The Bertz CT molecular complexity index is 3510. The summed E-state index contributed by atoms with van der Waals surface area (Å²) in [4.78, 5) is 76.7. The number of piperazine rings is 1. The Balaban J connectivity index is 0.779. The zero-order valence-corrected chi connectivity index (χ0v) is 52.3. The molecule has 9 rings (SSSR count). The number of anilines is 1. The molecule has 3 aliphatic rings. The molecule has 3 fully saturated rings. The lowest BCUT2D eigenvalue weighted by Gasteiger charge is -2.41. The summed E-state index contributed by atoms with van der Waals surface area (Å²) in [6.07, 6.45) is -0.500. The number of halogens is 2. The number of aryl methyl sites for hydroxylation is 1. The molecule has 464 valence electrons. The third-order valence-corrected chi connectivity index (χ3v) is 17.2. The molecule has 0 saturated carbocycles. The number of nitriles is 1. The van der Waals surface area contributed by atoms with Gasteiger partial charge in [-0.05, 0) is 105 Å². The number of likely N-dealkylation sites (tertiary alicyclic amines) is 2. The second-order valence-corrected chi connectivity index (χ2v) is 26.1. The second-order valence-electron chi connectivity index (χ2n) is 24.9. The highest BCUT2D eigenvalue weighted by Gasteiger charge is 2.45. The summed E-state index contributed by atoms with van der Waals surface area (Å²) >= 11 is 8.57. The van der Waals surface area contributed by atoms with Crippen molar-refractivity contribution in [2.75, 3.05) is 70.5 Å². The van der Waals surface area contributed by atoms with Crippen molar-refractivity contribution in [3.63, 3.8) is 0 Å². The second kappa shape index (κ2) is 27.4. The molecule has 4 amide bonds. The summed E-state index contributed by atoms with van der Waals surface area (Å²) in [6, 6.07) is 19.1. The fourth-order valence-electron chi connectivity index (χ4n) is 11.6. The van der Waals surface area contributed by atoms with E-state index in [1.54, 1.807) is 49.1 Å². The maximum atomic E-state index is 17.4. The molecule has 5 heterocycles. The number of nitrogens with zero attached hydrogens (tertiary/aromatic N) is 8. The number of hydrogen-bond acceptors (Lipinski definition) is 17. The Kier molecular flexibility index (Phi) is 20.2. The Labute approximate surface area is 515 Å². The number of aromatic nitrogens is 3. The molecular weight excluding hydrogens is 1160 g/mol. The number of aliphatic hydroxyl groups is 1. The SMILES string of the molecule is Cc1ncsc1-c1ccc(C(C)NC(=O)[C@@H]2C[C@@H](O)CN2C(=O)[C@@H](NC(=O)COCCOC2CCN(C[C@@H](C)Oc3nc(N4CCN(C(=O)OC(C)(C)C)[C@@H](CC#N)C4)c4cc(Cl)c(-c5cc(O)cc6ccccc56)c(F)c4n3)CC2)C(C)(C)C)cc1. The number of thiazole rings is 1. The molecule has 4 N–H and O–H groups in total. The number of aliphatic hydroxyl groups excluding tert-OH is 1. The number of amides is 4. The number of aromatic hydroxyl groups is 1. The minimum Gasteiger partial charge on any atom is -0.508 e. The maximum absolute atomic E-state index is 17.4. The van der Waals surface area contributed by atoms with E-state index in [2.05, 4.69) is 31.6 Å². The number of carbonyl (C=O) groups is 4. The molecule has 0 aliphatic carbocycles. The van der Waals surface area contributed by atoms with E-state index in [0.29, 0.717) is 60.0 Å². The number of β-amino-alcohol motifs (C(OH)–C–C–N with tert-alkyl or cyclic N) is 1. The topological polar surface area (TPSA) is 245 Å². The predicted octanol–water partition coefficient (Wildman–Crippen LogP) is 9.35.